The molecular formula is C20H23NO4. The summed E-state index contributed by atoms with van der Waals surface area (Å²) in [5, 5.41) is 12.5. The molecule has 0 unspecified atom stereocenters. The van der Waals surface area contributed by atoms with E-state index in [1.165, 1.54) is 5.56 Å². The number of rotatable bonds is 8. The van der Waals surface area contributed by atoms with Gasteiger partial charge in [0.1, 0.15) is 0 Å². The van der Waals surface area contributed by atoms with Crippen molar-refractivity contribution in [1.82, 2.24) is 0 Å². The number of hydrogen-bond acceptors (Lipinski definition) is 4. The normalized spacial score (nSPS) is 11.6. The lowest BCUT2D eigenvalue weighted by molar-refractivity contribution is -0.156. The lowest BCUT2D eigenvalue weighted by Gasteiger charge is -2.11. The highest BCUT2D eigenvalue weighted by molar-refractivity contribution is 5.93. The van der Waals surface area contributed by atoms with E-state index in [2.05, 4.69) is 12.2 Å². The third-order valence-electron chi connectivity index (χ3n) is 3.74. The van der Waals surface area contributed by atoms with Crippen molar-refractivity contribution in [1.29, 1.82) is 0 Å². The molecule has 0 saturated heterocycles. The molecule has 1 amide bonds. The van der Waals surface area contributed by atoms with E-state index in [1.54, 1.807) is 30.3 Å². The summed E-state index contributed by atoms with van der Waals surface area (Å²) in [4.78, 5) is 23.7. The third kappa shape index (κ3) is 6.04. The minimum Gasteiger partial charge on any atom is -0.453 e. The third-order valence-corrected chi connectivity index (χ3v) is 3.74. The molecule has 0 radical (unpaired) electrons. The molecule has 0 aliphatic heterocycles. The Hall–Kier alpha value is -2.66. The van der Waals surface area contributed by atoms with E-state index in [0.29, 0.717) is 11.3 Å². The quantitative estimate of drug-likeness (QED) is 0.723. The molecule has 0 aromatic heterocycles. The van der Waals surface area contributed by atoms with Gasteiger partial charge >= 0.3 is 5.97 Å². The zero-order valence-electron chi connectivity index (χ0n) is 14.3. The lowest BCUT2D eigenvalue weighted by atomic mass is 10.1. The van der Waals surface area contributed by atoms with Gasteiger partial charge in [-0.2, -0.15) is 0 Å². The summed E-state index contributed by atoms with van der Waals surface area (Å²) in [6.45, 7) is 1.70. The molecule has 0 fully saturated rings. The molecular weight excluding hydrogens is 318 g/mol. The Labute approximate surface area is 147 Å². The van der Waals surface area contributed by atoms with E-state index in [0.717, 1.165) is 19.3 Å². The first-order chi connectivity index (χ1) is 12.1. The molecule has 0 heterocycles. The Bertz CT molecular complexity index is 683. The number of benzene rings is 2. The van der Waals surface area contributed by atoms with Crippen LogP contribution in [0, 0.1) is 0 Å². The molecule has 5 nitrogen and oxygen atoms in total. The van der Waals surface area contributed by atoms with Crippen LogP contribution in [0.25, 0.3) is 0 Å². The number of unbranched alkanes of at least 4 members (excludes halogenated alkanes) is 1. The first-order valence-electron chi connectivity index (χ1n) is 8.38. The van der Waals surface area contributed by atoms with Crippen LogP contribution in [-0.4, -0.2) is 23.6 Å². The monoisotopic (exact) mass is 341 g/mol. The van der Waals surface area contributed by atoms with Crippen LogP contribution >= 0.6 is 0 Å². The molecule has 132 valence electrons. The van der Waals surface area contributed by atoms with E-state index >= 15 is 0 Å². The average molecular weight is 341 g/mol. The van der Waals surface area contributed by atoms with Gasteiger partial charge in [0.2, 0.25) is 0 Å². The summed E-state index contributed by atoms with van der Waals surface area (Å²) in [5.74, 6) is -1.30. The number of esters is 1. The van der Waals surface area contributed by atoms with Gasteiger partial charge in [-0.15, -0.1) is 0 Å². The Morgan fingerprint density at radius 1 is 1.08 bits per heavy atom. The number of hydrogen-bond donors (Lipinski definition) is 2. The van der Waals surface area contributed by atoms with Gasteiger partial charge in [-0.1, -0.05) is 55.8 Å². The molecule has 0 aliphatic carbocycles. The standard InChI is InChI=1S/C20H23NO4/c1-2-3-7-15-10-12-17(13-11-15)21-18(22)14-25-20(24)19(23)16-8-5-4-6-9-16/h4-6,8-13,19,23H,2-3,7,14H2,1H3,(H,21,22)/t19-/m0/s1. The zero-order chi connectivity index (χ0) is 18.1. The van der Waals surface area contributed by atoms with Crippen LogP contribution in [0.2, 0.25) is 0 Å². The smallest absolute Gasteiger partial charge is 0.340 e. The van der Waals surface area contributed by atoms with E-state index in [9.17, 15) is 14.7 Å². The first kappa shape index (κ1) is 18.7. The summed E-state index contributed by atoms with van der Waals surface area (Å²) in [5.41, 5.74) is 2.29. The SMILES string of the molecule is CCCCc1ccc(NC(=O)COC(=O)[C@@H](O)c2ccccc2)cc1. The van der Waals surface area contributed by atoms with Crippen molar-refractivity contribution in [2.75, 3.05) is 11.9 Å². The van der Waals surface area contributed by atoms with E-state index < -0.39 is 24.6 Å². The largest absolute Gasteiger partial charge is 0.453 e. The maximum Gasteiger partial charge on any atom is 0.340 e. The summed E-state index contributed by atoms with van der Waals surface area (Å²) in [6.07, 6.45) is 1.89. The predicted octanol–water partition coefficient (Wildman–Crippen LogP) is 3.24. The highest BCUT2D eigenvalue weighted by Gasteiger charge is 2.19. The van der Waals surface area contributed by atoms with Crippen LogP contribution in [0.3, 0.4) is 0 Å². The molecule has 0 spiro atoms. The van der Waals surface area contributed by atoms with Crippen molar-refractivity contribution in [2.24, 2.45) is 0 Å². The molecule has 2 aromatic carbocycles. The van der Waals surface area contributed by atoms with Crippen LogP contribution in [0.4, 0.5) is 5.69 Å². The highest BCUT2D eigenvalue weighted by atomic mass is 16.5. The van der Waals surface area contributed by atoms with Gasteiger partial charge in [-0.05, 0) is 36.1 Å². The highest BCUT2D eigenvalue weighted by Crippen LogP contribution is 2.14. The minimum absolute atomic E-state index is 0.426. The van der Waals surface area contributed by atoms with Crippen LogP contribution in [0.1, 0.15) is 37.0 Å². The number of aliphatic hydroxyl groups is 1. The molecule has 0 bridgehead atoms. The van der Waals surface area contributed by atoms with Gasteiger partial charge in [-0.25, -0.2) is 4.79 Å². The van der Waals surface area contributed by atoms with Gasteiger partial charge in [0.15, 0.2) is 12.7 Å². The van der Waals surface area contributed by atoms with Crippen molar-refractivity contribution in [3.8, 4) is 0 Å². The predicted molar refractivity (Wildman–Crippen MR) is 96.0 cm³/mol. The maximum absolute atomic E-state index is 11.9. The molecule has 0 saturated carbocycles. The number of carbonyl (C=O) groups is 2. The number of amides is 1. The second-order valence-electron chi connectivity index (χ2n) is 5.77. The first-order valence-corrected chi connectivity index (χ1v) is 8.38. The summed E-state index contributed by atoms with van der Waals surface area (Å²) < 4.78 is 4.87. The van der Waals surface area contributed by atoms with E-state index in [4.69, 9.17) is 4.74 Å². The number of ether oxygens (including phenoxy) is 1. The van der Waals surface area contributed by atoms with Crippen molar-refractivity contribution >= 4 is 17.6 Å². The van der Waals surface area contributed by atoms with Gasteiger partial charge < -0.3 is 15.2 Å². The van der Waals surface area contributed by atoms with Crippen molar-refractivity contribution < 1.29 is 19.4 Å². The lowest BCUT2D eigenvalue weighted by Crippen LogP contribution is -2.23. The van der Waals surface area contributed by atoms with E-state index in [1.807, 2.05) is 24.3 Å². The number of aliphatic hydroxyl groups excluding tert-OH is 1. The van der Waals surface area contributed by atoms with Gasteiger partial charge in [0, 0.05) is 5.69 Å². The molecule has 25 heavy (non-hydrogen) atoms. The molecule has 2 aromatic rings. The molecule has 2 N–H and O–H groups in total. The Morgan fingerprint density at radius 3 is 2.40 bits per heavy atom. The maximum atomic E-state index is 11.9. The summed E-state index contributed by atoms with van der Waals surface area (Å²) in [7, 11) is 0. The minimum atomic E-state index is -1.40. The fourth-order valence-electron chi connectivity index (χ4n) is 2.32. The van der Waals surface area contributed by atoms with E-state index in [-0.39, 0.29) is 0 Å². The number of carbonyl (C=O) groups excluding carboxylic acids is 2. The molecule has 2 rings (SSSR count). The fourth-order valence-corrected chi connectivity index (χ4v) is 2.32. The molecule has 0 aliphatic rings. The number of anilines is 1. The summed E-state index contributed by atoms with van der Waals surface area (Å²) in [6, 6.07) is 16.0. The second kappa shape index (κ2) is 9.59. The Morgan fingerprint density at radius 2 is 1.76 bits per heavy atom. The van der Waals surface area contributed by atoms with Crippen molar-refractivity contribution in [3.05, 3.63) is 65.7 Å². The average Bonchev–Trinajstić information content (AvgIpc) is 2.65. The topological polar surface area (TPSA) is 75.6 Å². The fraction of sp³-hybridized carbons (Fsp3) is 0.300. The summed E-state index contributed by atoms with van der Waals surface area (Å²) >= 11 is 0. The van der Waals surface area contributed by atoms with Crippen molar-refractivity contribution in [3.63, 3.8) is 0 Å². The number of nitrogens with one attached hydrogen (secondary N) is 1. The zero-order valence-corrected chi connectivity index (χ0v) is 14.3. The number of aryl methyl sites for hydroxylation is 1. The van der Waals surface area contributed by atoms with Crippen LogP contribution in [0.5, 0.6) is 0 Å². The van der Waals surface area contributed by atoms with Crippen LogP contribution < -0.4 is 5.32 Å². The molecule has 5 heteroatoms. The Balaban J connectivity index is 1.79. The van der Waals surface area contributed by atoms with Gasteiger partial charge in [0.05, 0.1) is 0 Å². The van der Waals surface area contributed by atoms with Gasteiger partial charge in [-0.3, -0.25) is 4.79 Å². The van der Waals surface area contributed by atoms with Crippen molar-refractivity contribution in [2.45, 2.75) is 32.3 Å². The van der Waals surface area contributed by atoms with Gasteiger partial charge in [0.25, 0.3) is 5.91 Å². The van der Waals surface area contributed by atoms with Crippen LogP contribution in [0.15, 0.2) is 54.6 Å². The second-order valence-corrected chi connectivity index (χ2v) is 5.77. The Kier molecular flexibility index (Phi) is 7.16. The van der Waals surface area contributed by atoms with Crippen LogP contribution in [-0.2, 0) is 20.7 Å². The molecule has 1 atom stereocenters.